The fraction of sp³-hybridized carbons (Fsp3) is 0.500. The molecule has 0 spiro atoms. The fourth-order valence-electron chi connectivity index (χ4n) is 1.82. The summed E-state index contributed by atoms with van der Waals surface area (Å²) in [4.78, 5) is 0. The first-order valence-corrected chi connectivity index (χ1v) is 6.65. The Bertz CT molecular complexity index is 383. The van der Waals surface area contributed by atoms with E-state index in [0.29, 0.717) is 5.92 Å². The highest BCUT2D eigenvalue weighted by Gasteiger charge is 2.01. The number of allylic oxidation sites excluding steroid dienone is 1. The van der Waals surface area contributed by atoms with Gasteiger partial charge < -0.3 is 9.84 Å². The molecule has 0 fully saturated rings. The molecule has 2 heteroatoms. The number of hydrogen-bond donors (Lipinski definition) is 1. The maximum absolute atomic E-state index is 8.96. The summed E-state index contributed by atoms with van der Waals surface area (Å²) in [6.45, 7) is 4.48. The van der Waals surface area contributed by atoms with Crippen LogP contribution in [-0.2, 0) is 6.42 Å². The van der Waals surface area contributed by atoms with E-state index < -0.39 is 0 Å². The summed E-state index contributed by atoms with van der Waals surface area (Å²) < 4.78 is 5.35. The van der Waals surface area contributed by atoms with Crippen molar-refractivity contribution < 1.29 is 9.84 Å². The Morgan fingerprint density at radius 2 is 2.17 bits per heavy atom. The van der Waals surface area contributed by atoms with Gasteiger partial charge in [-0.15, -0.1) is 0 Å². The zero-order chi connectivity index (χ0) is 13.4. The molecule has 0 aliphatic rings. The lowest BCUT2D eigenvalue weighted by Gasteiger charge is -2.07. The summed E-state index contributed by atoms with van der Waals surface area (Å²) in [7, 11) is 1.70. The first-order valence-electron chi connectivity index (χ1n) is 6.65. The van der Waals surface area contributed by atoms with Crippen molar-refractivity contribution in [2.24, 2.45) is 5.92 Å². The van der Waals surface area contributed by atoms with Crippen LogP contribution in [-0.4, -0.2) is 18.8 Å². The normalized spacial score (nSPS) is 12.9. The molecule has 0 bridgehead atoms. The van der Waals surface area contributed by atoms with E-state index in [-0.39, 0.29) is 6.61 Å². The molecule has 1 aromatic carbocycles. The molecule has 1 atom stereocenters. The van der Waals surface area contributed by atoms with Gasteiger partial charge in [-0.05, 0) is 42.9 Å². The molecular formula is C16H24O2. The number of ether oxygens (including phenoxy) is 1. The van der Waals surface area contributed by atoms with Gasteiger partial charge in [0.1, 0.15) is 5.75 Å². The summed E-state index contributed by atoms with van der Waals surface area (Å²) in [5.41, 5.74) is 2.45. The summed E-state index contributed by atoms with van der Waals surface area (Å²) >= 11 is 0. The second-order valence-electron chi connectivity index (χ2n) is 4.70. The fourth-order valence-corrected chi connectivity index (χ4v) is 1.82. The highest BCUT2D eigenvalue weighted by molar-refractivity contribution is 5.58. The van der Waals surface area contributed by atoms with Gasteiger partial charge in [-0.2, -0.15) is 0 Å². The van der Waals surface area contributed by atoms with Crippen molar-refractivity contribution in [3.8, 4) is 5.75 Å². The zero-order valence-electron chi connectivity index (χ0n) is 11.6. The molecule has 0 heterocycles. The largest absolute Gasteiger partial charge is 0.496 e. The van der Waals surface area contributed by atoms with E-state index in [2.05, 4.69) is 38.1 Å². The van der Waals surface area contributed by atoms with E-state index in [1.807, 2.05) is 6.07 Å². The summed E-state index contributed by atoms with van der Waals surface area (Å²) in [6, 6.07) is 6.30. The molecule has 1 aromatic rings. The van der Waals surface area contributed by atoms with Crippen molar-refractivity contribution in [3.63, 3.8) is 0 Å². The number of methoxy groups -OCH3 is 1. The van der Waals surface area contributed by atoms with Gasteiger partial charge in [0.15, 0.2) is 0 Å². The smallest absolute Gasteiger partial charge is 0.126 e. The van der Waals surface area contributed by atoms with Crippen LogP contribution >= 0.6 is 0 Å². The van der Waals surface area contributed by atoms with Crippen LogP contribution in [0.5, 0.6) is 5.75 Å². The monoisotopic (exact) mass is 248 g/mol. The lowest BCUT2D eigenvalue weighted by Crippen LogP contribution is -1.98. The van der Waals surface area contributed by atoms with E-state index in [9.17, 15) is 0 Å². The lowest BCUT2D eigenvalue weighted by atomic mass is 10.0. The topological polar surface area (TPSA) is 29.5 Å². The predicted octanol–water partition coefficient (Wildman–Crippen LogP) is 3.68. The second-order valence-corrected chi connectivity index (χ2v) is 4.70. The third-order valence-electron chi connectivity index (χ3n) is 3.14. The molecule has 0 saturated carbocycles. The molecule has 0 amide bonds. The number of rotatable bonds is 7. The molecule has 1 N–H and O–H groups in total. The summed E-state index contributed by atoms with van der Waals surface area (Å²) in [5, 5.41) is 8.96. The van der Waals surface area contributed by atoms with Crippen LogP contribution in [0, 0.1) is 5.92 Å². The first-order chi connectivity index (χ1) is 8.71. The highest BCUT2D eigenvalue weighted by atomic mass is 16.5. The van der Waals surface area contributed by atoms with Crippen LogP contribution in [0.4, 0.5) is 0 Å². The summed E-state index contributed by atoms with van der Waals surface area (Å²) in [6.07, 6.45) is 7.31. The molecule has 100 valence electrons. The molecule has 0 unspecified atom stereocenters. The van der Waals surface area contributed by atoms with Crippen molar-refractivity contribution in [1.29, 1.82) is 0 Å². The third kappa shape index (κ3) is 4.53. The van der Waals surface area contributed by atoms with Crippen LogP contribution in [0.15, 0.2) is 24.3 Å². The van der Waals surface area contributed by atoms with Gasteiger partial charge in [0, 0.05) is 12.2 Å². The van der Waals surface area contributed by atoms with E-state index in [0.717, 1.165) is 30.6 Å². The average molecular weight is 248 g/mol. The van der Waals surface area contributed by atoms with E-state index >= 15 is 0 Å². The van der Waals surface area contributed by atoms with Crippen LogP contribution < -0.4 is 4.74 Å². The Hall–Kier alpha value is -1.28. The van der Waals surface area contributed by atoms with Gasteiger partial charge >= 0.3 is 0 Å². The molecule has 0 saturated heterocycles. The Morgan fingerprint density at radius 1 is 1.39 bits per heavy atom. The summed E-state index contributed by atoms with van der Waals surface area (Å²) in [5.74, 6) is 1.29. The maximum Gasteiger partial charge on any atom is 0.126 e. The minimum atomic E-state index is 0.266. The number of aliphatic hydroxyl groups excluding tert-OH is 1. The Labute approximate surface area is 110 Å². The van der Waals surface area contributed by atoms with Crippen molar-refractivity contribution >= 4 is 6.08 Å². The van der Waals surface area contributed by atoms with E-state index in [1.165, 1.54) is 5.56 Å². The van der Waals surface area contributed by atoms with Crippen LogP contribution in [0.1, 0.15) is 37.8 Å². The van der Waals surface area contributed by atoms with Gasteiger partial charge in [-0.25, -0.2) is 0 Å². The molecule has 0 radical (unpaired) electrons. The molecule has 0 aromatic heterocycles. The molecule has 1 rings (SSSR count). The average Bonchev–Trinajstić information content (AvgIpc) is 2.42. The molecule has 0 aliphatic carbocycles. The van der Waals surface area contributed by atoms with Crippen molar-refractivity contribution in [2.45, 2.75) is 33.1 Å². The van der Waals surface area contributed by atoms with Crippen molar-refractivity contribution in [3.05, 3.63) is 35.4 Å². The standard InChI is InChI=1S/C16H24O2/c1-4-14-9-10-16(18-3)15(11-14)8-6-5-7-13(2)12-17/h6,8-11,13,17H,4-5,7,12H2,1-3H3/b8-6+/t13-/m0/s1. The number of aryl methyl sites for hydroxylation is 1. The van der Waals surface area contributed by atoms with Gasteiger partial charge in [-0.1, -0.05) is 32.1 Å². The van der Waals surface area contributed by atoms with Gasteiger partial charge in [0.05, 0.1) is 7.11 Å². The molecule has 0 aliphatic heterocycles. The number of benzene rings is 1. The van der Waals surface area contributed by atoms with Crippen LogP contribution in [0.3, 0.4) is 0 Å². The molecular weight excluding hydrogens is 224 g/mol. The predicted molar refractivity (Wildman–Crippen MR) is 76.9 cm³/mol. The minimum absolute atomic E-state index is 0.266. The SMILES string of the molecule is CCc1ccc(OC)c(/C=C/CC[C@H](C)CO)c1. The van der Waals surface area contributed by atoms with Crippen LogP contribution in [0.2, 0.25) is 0 Å². The lowest BCUT2D eigenvalue weighted by molar-refractivity contribution is 0.231. The Morgan fingerprint density at radius 3 is 2.78 bits per heavy atom. The minimum Gasteiger partial charge on any atom is -0.496 e. The number of aliphatic hydroxyl groups is 1. The van der Waals surface area contributed by atoms with E-state index in [1.54, 1.807) is 7.11 Å². The van der Waals surface area contributed by atoms with Crippen molar-refractivity contribution in [1.82, 2.24) is 0 Å². The first kappa shape index (κ1) is 14.8. The second kappa shape index (κ2) is 7.93. The Kier molecular flexibility index (Phi) is 6.51. The van der Waals surface area contributed by atoms with Crippen LogP contribution in [0.25, 0.3) is 6.08 Å². The van der Waals surface area contributed by atoms with Gasteiger partial charge in [0.25, 0.3) is 0 Å². The van der Waals surface area contributed by atoms with Gasteiger partial charge in [-0.3, -0.25) is 0 Å². The maximum atomic E-state index is 8.96. The zero-order valence-corrected chi connectivity index (χ0v) is 11.6. The van der Waals surface area contributed by atoms with Gasteiger partial charge in [0.2, 0.25) is 0 Å². The number of hydrogen-bond acceptors (Lipinski definition) is 2. The third-order valence-corrected chi connectivity index (χ3v) is 3.14. The highest BCUT2D eigenvalue weighted by Crippen LogP contribution is 2.22. The Balaban J connectivity index is 2.66. The molecule has 2 nitrogen and oxygen atoms in total. The van der Waals surface area contributed by atoms with E-state index in [4.69, 9.17) is 9.84 Å². The quantitative estimate of drug-likeness (QED) is 0.797. The molecule has 18 heavy (non-hydrogen) atoms. The van der Waals surface area contributed by atoms with Crippen molar-refractivity contribution in [2.75, 3.05) is 13.7 Å².